The highest BCUT2D eigenvalue weighted by atomic mass is 32.1. The molecule has 2 rings (SSSR count). The quantitative estimate of drug-likeness (QED) is 0.895. The molecule has 2 heterocycles. The van der Waals surface area contributed by atoms with Gasteiger partial charge >= 0.3 is 0 Å². The second-order valence-electron chi connectivity index (χ2n) is 5.43. The fourth-order valence-electron chi connectivity index (χ4n) is 2.45. The van der Waals surface area contributed by atoms with E-state index in [-0.39, 0.29) is 5.91 Å². The number of likely N-dealkylation sites (tertiary alicyclic amines) is 1. The average molecular weight is 268 g/mol. The van der Waals surface area contributed by atoms with Crippen LogP contribution in [0.2, 0.25) is 0 Å². The monoisotopic (exact) mass is 268 g/mol. The summed E-state index contributed by atoms with van der Waals surface area (Å²) in [6.45, 7) is 3.65. The highest BCUT2D eigenvalue weighted by Crippen LogP contribution is 2.25. The van der Waals surface area contributed by atoms with Crippen molar-refractivity contribution < 1.29 is 9.90 Å². The number of nitrogens with zero attached hydrogens (tertiary/aromatic N) is 2. The van der Waals surface area contributed by atoms with Gasteiger partial charge in [0.15, 0.2) is 0 Å². The summed E-state index contributed by atoms with van der Waals surface area (Å²) in [5, 5.41) is 12.4. The van der Waals surface area contributed by atoms with Crippen LogP contribution >= 0.6 is 11.3 Å². The first kappa shape index (κ1) is 13.5. The normalized spacial score (nSPS) is 23.9. The zero-order valence-electron chi connectivity index (χ0n) is 11.1. The molecule has 4 nitrogen and oxygen atoms in total. The lowest BCUT2D eigenvalue weighted by molar-refractivity contribution is 0.0237. The summed E-state index contributed by atoms with van der Waals surface area (Å²) in [7, 11) is 3.87. The smallest absolute Gasteiger partial charge is 0.264 e. The van der Waals surface area contributed by atoms with Gasteiger partial charge in [-0.1, -0.05) is 0 Å². The van der Waals surface area contributed by atoms with Crippen molar-refractivity contribution in [3.8, 4) is 0 Å². The van der Waals surface area contributed by atoms with Crippen LogP contribution < -0.4 is 0 Å². The highest BCUT2D eigenvalue weighted by molar-refractivity contribution is 7.12. The molecule has 1 saturated heterocycles. The molecule has 100 valence electrons. The number of amides is 1. The van der Waals surface area contributed by atoms with Gasteiger partial charge in [0.05, 0.1) is 17.0 Å². The van der Waals surface area contributed by atoms with Gasteiger partial charge in [-0.2, -0.15) is 0 Å². The summed E-state index contributed by atoms with van der Waals surface area (Å²) in [6, 6.07) is 1.91. The molecule has 18 heavy (non-hydrogen) atoms. The minimum atomic E-state index is -0.758. The van der Waals surface area contributed by atoms with Crippen LogP contribution in [0.1, 0.15) is 21.7 Å². The lowest BCUT2D eigenvalue weighted by Crippen LogP contribution is -2.43. The van der Waals surface area contributed by atoms with E-state index in [0.29, 0.717) is 26.1 Å². The number of carbonyl (C=O) groups is 1. The number of likely N-dealkylation sites (N-methyl/N-ethyl adjacent to an activating group) is 1. The van der Waals surface area contributed by atoms with Gasteiger partial charge in [-0.25, -0.2) is 0 Å². The molecular formula is C13H20N2O2S. The Bertz CT molecular complexity index is 444. The van der Waals surface area contributed by atoms with Gasteiger partial charge in [0.1, 0.15) is 0 Å². The van der Waals surface area contributed by atoms with E-state index < -0.39 is 5.60 Å². The van der Waals surface area contributed by atoms with E-state index in [9.17, 15) is 9.90 Å². The Morgan fingerprint density at radius 2 is 2.33 bits per heavy atom. The van der Waals surface area contributed by atoms with E-state index in [0.717, 1.165) is 10.4 Å². The molecule has 1 aliphatic rings. The molecule has 1 aliphatic heterocycles. The third kappa shape index (κ3) is 2.91. The fourth-order valence-corrected chi connectivity index (χ4v) is 3.31. The maximum atomic E-state index is 12.2. The van der Waals surface area contributed by atoms with Crippen molar-refractivity contribution in [2.45, 2.75) is 18.9 Å². The molecule has 5 heteroatoms. The maximum Gasteiger partial charge on any atom is 0.264 e. The van der Waals surface area contributed by atoms with Crippen molar-refractivity contribution in [2.75, 3.05) is 33.7 Å². The molecule has 0 aliphatic carbocycles. The van der Waals surface area contributed by atoms with Crippen LogP contribution in [-0.4, -0.2) is 60.1 Å². The van der Waals surface area contributed by atoms with Crippen molar-refractivity contribution in [3.63, 3.8) is 0 Å². The predicted molar refractivity (Wildman–Crippen MR) is 73.1 cm³/mol. The number of carbonyl (C=O) groups excluding carboxylic acids is 1. The minimum Gasteiger partial charge on any atom is -0.387 e. The Hall–Kier alpha value is -0.910. The summed E-state index contributed by atoms with van der Waals surface area (Å²) in [4.78, 5) is 16.7. The number of hydrogen-bond acceptors (Lipinski definition) is 4. The molecule has 0 unspecified atom stereocenters. The number of rotatable bonds is 3. The molecule has 0 radical (unpaired) electrons. The number of aryl methyl sites for hydroxylation is 1. The van der Waals surface area contributed by atoms with E-state index in [1.807, 2.05) is 37.4 Å². The van der Waals surface area contributed by atoms with Crippen LogP contribution in [0, 0.1) is 6.92 Å². The van der Waals surface area contributed by atoms with Gasteiger partial charge in [-0.15, -0.1) is 11.3 Å². The van der Waals surface area contributed by atoms with Gasteiger partial charge in [0, 0.05) is 13.1 Å². The zero-order valence-corrected chi connectivity index (χ0v) is 12.0. The predicted octanol–water partition coefficient (Wildman–Crippen LogP) is 1.20. The van der Waals surface area contributed by atoms with Gasteiger partial charge in [0.25, 0.3) is 5.91 Å². The molecule has 0 aromatic carbocycles. The highest BCUT2D eigenvalue weighted by Gasteiger charge is 2.38. The molecule has 1 N–H and O–H groups in total. The molecule has 0 bridgehead atoms. The Morgan fingerprint density at radius 3 is 2.89 bits per heavy atom. The van der Waals surface area contributed by atoms with Gasteiger partial charge < -0.3 is 14.9 Å². The molecule has 0 spiro atoms. The number of β-amino-alcohol motifs (C(OH)–C–C–N with tert-alkyl or cyclic N) is 1. The van der Waals surface area contributed by atoms with E-state index >= 15 is 0 Å². The number of thiophene rings is 1. The Kier molecular flexibility index (Phi) is 3.75. The van der Waals surface area contributed by atoms with Crippen LogP contribution in [0.4, 0.5) is 0 Å². The first-order valence-corrected chi connectivity index (χ1v) is 6.99. The van der Waals surface area contributed by atoms with E-state index in [1.54, 1.807) is 4.90 Å². The first-order valence-electron chi connectivity index (χ1n) is 6.11. The van der Waals surface area contributed by atoms with Crippen molar-refractivity contribution >= 4 is 17.2 Å². The first-order chi connectivity index (χ1) is 8.39. The van der Waals surface area contributed by atoms with E-state index in [4.69, 9.17) is 0 Å². The molecular weight excluding hydrogens is 248 g/mol. The van der Waals surface area contributed by atoms with Crippen molar-refractivity contribution in [1.29, 1.82) is 0 Å². The topological polar surface area (TPSA) is 43.8 Å². The summed E-state index contributed by atoms with van der Waals surface area (Å²) in [6.07, 6.45) is 0.654. The lowest BCUT2D eigenvalue weighted by Gasteiger charge is -2.26. The number of aliphatic hydroxyl groups is 1. The SMILES string of the molecule is Cc1csc(C(=O)N2CC[C@@](O)(CN(C)C)C2)c1. The summed E-state index contributed by atoms with van der Waals surface area (Å²) < 4.78 is 0. The lowest BCUT2D eigenvalue weighted by atomic mass is 10.0. The summed E-state index contributed by atoms with van der Waals surface area (Å²) >= 11 is 1.48. The molecule has 1 atom stereocenters. The van der Waals surface area contributed by atoms with Crippen LogP contribution in [0.15, 0.2) is 11.4 Å². The third-order valence-electron chi connectivity index (χ3n) is 3.17. The molecule has 1 fully saturated rings. The fraction of sp³-hybridized carbons (Fsp3) is 0.615. The van der Waals surface area contributed by atoms with Crippen LogP contribution in [0.3, 0.4) is 0 Å². The summed E-state index contributed by atoms with van der Waals surface area (Å²) in [5.74, 6) is 0.0442. The maximum absolute atomic E-state index is 12.2. The van der Waals surface area contributed by atoms with Gasteiger partial charge in [-0.3, -0.25) is 4.79 Å². The Labute approximate surface area is 112 Å². The Balaban J connectivity index is 2.02. The molecule has 0 saturated carbocycles. The Morgan fingerprint density at radius 1 is 1.61 bits per heavy atom. The van der Waals surface area contributed by atoms with Crippen molar-refractivity contribution in [1.82, 2.24) is 9.80 Å². The zero-order chi connectivity index (χ0) is 13.3. The molecule has 1 aromatic heterocycles. The van der Waals surface area contributed by atoms with Crippen molar-refractivity contribution in [3.05, 3.63) is 21.9 Å². The standard InChI is InChI=1S/C13H20N2O2S/c1-10-6-11(18-7-10)12(16)15-5-4-13(17,9-15)8-14(2)3/h6-7,17H,4-5,8-9H2,1-3H3/t13-/m1/s1. The second-order valence-corrected chi connectivity index (χ2v) is 6.34. The molecule has 1 aromatic rings. The number of hydrogen-bond donors (Lipinski definition) is 1. The van der Waals surface area contributed by atoms with Crippen molar-refractivity contribution in [2.24, 2.45) is 0 Å². The van der Waals surface area contributed by atoms with E-state index in [1.165, 1.54) is 11.3 Å². The van der Waals surface area contributed by atoms with E-state index in [2.05, 4.69) is 0 Å². The third-order valence-corrected chi connectivity index (χ3v) is 4.21. The summed E-state index contributed by atoms with van der Waals surface area (Å²) in [5.41, 5.74) is 0.358. The van der Waals surface area contributed by atoms with Gasteiger partial charge in [-0.05, 0) is 44.4 Å². The minimum absolute atomic E-state index is 0.0442. The average Bonchev–Trinajstić information content (AvgIpc) is 2.83. The van der Waals surface area contributed by atoms with Gasteiger partial charge in [0.2, 0.25) is 0 Å². The molecule has 1 amide bonds. The second kappa shape index (κ2) is 4.99. The largest absolute Gasteiger partial charge is 0.387 e. The van der Waals surface area contributed by atoms with Crippen LogP contribution in [-0.2, 0) is 0 Å². The van der Waals surface area contributed by atoms with Crippen LogP contribution in [0.25, 0.3) is 0 Å². The van der Waals surface area contributed by atoms with Crippen LogP contribution in [0.5, 0.6) is 0 Å².